The van der Waals surface area contributed by atoms with Gasteiger partial charge in [0.15, 0.2) is 0 Å². The van der Waals surface area contributed by atoms with Crippen LogP contribution in [0.4, 0.5) is 5.69 Å². The molecule has 1 fully saturated rings. The summed E-state index contributed by atoms with van der Waals surface area (Å²) in [5.41, 5.74) is 1.84. The first-order chi connectivity index (χ1) is 11.5. The smallest absolute Gasteiger partial charge is 0.302 e. The number of carbonyl (C=O) groups excluding carboxylic acids is 2. The number of hydrogen-bond donors (Lipinski definition) is 1. The zero-order chi connectivity index (χ0) is 17.3. The van der Waals surface area contributed by atoms with E-state index < -0.39 is 0 Å². The van der Waals surface area contributed by atoms with Gasteiger partial charge in [0.05, 0.1) is 5.69 Å². The summed E-state index contributed by atoms with van der Waals surface area (Å²) in [5, 5.41) is 2.85. The van der Waals surface area contributed by atoms with Crippen LogP contribution in [0.15, 0.2) is 23.2 Å². The van der Waals surface area contributed by atoms with E-state index in [1.807, 2.05) is 36.9 Å². The van der Waals surface area contributed by atoms with E-state index in [2.05, 4.69) is 10.3 Å². The van der Waals surface area contributed by atoms with Gasteiger partial charge in [0.2, 0.25) is 11.9 Å². The Morgan fingerprint density at radius 2 is 2.21 bits per heavy atom. The Morgan fingerprint density at radius 3 is 2.92 bits per heavy atom. The molecule has 1 atom stereocenters. The van der Waals surface area contributed by atoms with Crippen molar-refractivity contribution in [2.75, 3.05) is 13.2 Å². The highest BCUT2D eigenvalue weighted by atomic mass is 16.6. The fourth-order valence-electron chi connectivity index (χ4n) is 2.99. The number of carbonyl (C=O) groups is 2. The summed E-state index contributed by atoms with van der Waals surface area (Å²) in [4.78, 5) is 29.4. The molecule has 0 bridgehead atoms. The van der Waals surface area contributed by atoms with Crippen LogP contribution in [-0.4, -0.2) is 42.0 Å². The van der Waals surface area contributed by atoms with Gasteiger partial charge in [-0.15, -0.1) is 0 Å². The van der Waals surface area contributed by atoms with Crippen LogP contribution in [0.5, 0.6) is 5.75 Å². The van der Waals surface area contributed by atoms with Crippen LogP contribution in [0.2, 0.25) is 0 Å². The van der Waals surface area contributed by atoms with E-state index in [-0.39, 0.29) is 30.4 Å². The molecule has 1 aromatic rings. The number of fused-ring (bicyclic) bond motifs is 2. The largest absolute Gasteiger partial charge is 0.490 e. The minimum Gasteiger partial charge on any atom is -0.490 e. The molecule has 0 aliphatic carbocycles. The van der Waals surface area contributed by atoms with Gasteiger partial charge in [0.1, 0.15) is 25.0 Å². The quantitative estimate of drug-likeness (QED) is 0.654. The fraction of sp³-hybridized carbons (Fsp3) is 0.471. The molecule has 0 spiro atoms. The van der Waals surface area contributed by atoms with Crippen molar-refractivity contribution in [1.29, 1.82) is 0 Å². The molecular formula is C17H21N3O4. The summed E-state index contributed by atoms with van der Waals surface area (Å²) in [6, 6.07) is 5.41. The van der Waals surface area contributed by atoms with Gasteiger partial charge in [-0.2, -0.15) is 0 Å². The molecule has 1 unspecified atom stereocenters. The number of nitrogens with zero attached hydrogens (tertiary/aromatic N) is 2. The molecule has 1 saturated heterocycles. The minimum atomic E-state index is -0.322. The van der Waals surface area contributed by atoms with Crippen molar-refractivity contribution in [3.05, 3.63) is 23.8 Å². The highest BCUT2D eigenvalue weighted by Crippen LogP contribution is 2.33. The van der Waals surface area contributed by atoms with E-state index in [0.717, 1.165) is 11.3 Å². The number of benzene rings is 1. The number of esters is 1. The molecule has 128 valence electrons. The molecule has 7 heteroatoms. The van der Waals surface area contributed by atoms with Crippen molar-refractivity contribution in [2.24, 2.45) is 10.9 Å². The van der Waals surface area contributed by atoms with Crippen molar-refractivity contribution in [1.82, 2.24) is 10.2 Å². The topological polar surface area (TPSA) is 80.2 Å². The van der Waals surface area contributed by atoms with E-state index >= 15 is 0 Å². The Kier molecular flexibility index (Phi) is 4.42. The third kappa shape index (κ3) is 3.20. The number of guanidine groups is 1. The maximum atomic E-state index is 12.1. The van der Waals surface area contributed by atoms with Gasteiger partial charge in [0.25, 0.3) is 0 Å². The lowest BCUT2D eigenvalue weighted by Crippen LogP contribution is -2.39. The molecule has 1 aromatic carbocycles. The van der Waals surface area contributed by atoms with Crippen molar-refractivity contribution in [2.45, 2.75) is 33.4 Å². The number of rotatable bonds is 5. The number of nitrogens with one attached hydrogen (secondary N) is 1. The van der Waals surface area contributed by atoms with Gasteiger partial charge in [-0.05, 0) is 24.1 Å². The summed E-state index contributed by atoms with van der Waals surface area (Å²) in [6.07, 6.45) is 0. The molecule has 0 radical (unpaired) electrons. The summed E-state index contributed by atoms with van der Waals surface area (Å²) in [5.74, 6) is 1.18. The average Bonchev–Trinajstić information content (AvgIpc) is 2.83. The molecule has 2 aliphatic heterocycles. The molecule has 2 aliphatic rings. The predicted molar refractivity (Wildman–Crippen MR) is 88.0 cm³/mol. The van der Waals surface area contributed by atoms with Crippen LogP contribution in [-0.2, 0) is 20.9 Å². The third-order valence-corrected chi connectivity index (χ3v) is 4.02. The van der Waals surface area contributed by atoms with Crippen LogP contribution in [0, 0.1) is 5.92 Å². The van der Waals surface area contributed by atoms with E-state index in [9.17, 15) is 9.59 Å². The van der Waals surface area contributed by atoms with E-state index in [4.69, 9.17) is 9.47 Å². The van der Waals surface area contributed by atoms with Gasteiger partial charge < -0.3 is 14.4 Å². The Morgan fingerprint density at radius 1 is 1.42 bits per heavy atom. The zero-order valence-electron chi connectivity index (χ0n) is 14.0. The lowest BCUT2D eigenvalue weighted by Gasteiger charge is -2.29. The summed E-state index contributed by atoms with van der Waals surface area (Å²) >= 11 is 0. The highest BCUT2D eigenvalue weighted by molar-refractivity contribution is 6.07. The van der Waals surface area contributed by atoms with Gasteiger partial charge in [-0.3, -0.25) is 14.9 Å². The number of hydrogen-bond acceptors (Lipinski definition) is 6. The zero-order valence-corrected chi connectivity index (χ0v) is 14.0. The molecule has 2 heterocycles. The molecular weight excluding hydrogens is 310 g/mol. The van der Waals surface area contributed by atoms with E-state index in [0.29, 0.717) is 24.9 Å². The number of ether oxygens (including phenoxy) is 2. The molecule has 1 amide bonds. The third-order valence-electron chi connectivity index (χ3n) is 4.02. The van der Waals surface area contributed by atoms with Crippen molar-refractivity contribution >= 4 is 23.5 Å². The van der Waals surface area contributed by atoms with E-state index in [1.165, 1.54) is 6.92 Å². The second-order valence-corrected chi connectivity index (χ2v) is 6.22. The predicted octanol–water partition coefficient (Wildman–Crippen LogP) is 1.59. The monoisotopic (exact) mass is 331 g/mol. The Balaban J connectivity index is 1.72. The van der Waals surface area contributed by atoms with Crippen LogP contribution in [0.1, 0.15) is 26.3 Å². The van der Waals surface area contributed by atoms with E-state index in [1.54, 1.807) is 0 Å². The summed E-state index contributed by atoms with van der Waals surface area (Å²) in [6.45, 7) is 6.54. The van der Waals surface area contributed by atoms with Crippen molar-refractivity contribution < 1.29 is 19.1 Å². The minimum absolute atomic E-state index is 0.00517. The maximum absolute atomic E-state index is 12.1. The lowest BCUT2D eigenvalue weighted by molar-refractivity contribution is -0.141. The first-order valence-corrected chi connectivity index (χ1v) is 8.01. The SMILES string of the molecule is CC(=O)OCCOc1ccc2c(c1)CN1C(=N2)NC(=O)C1C(C)C. The van der Waals surface area contributed by atoms with Gasteiger partial charge in [0, 0.05) is 19.0 Å². The summed E-state index contributed by atoms with van der Waals surface area (Å²) in [7, 11) is 0. The van der Waals surface area contributed by atoms with Crippen LogP contribution in [0.3, 0.4) is 0 Å². The Labute approximate surface area is 140 Å². The Bertz CT molecular complexity index is 699. The van der Waals surface area contributed by atoms with Crippen LogP contribution >= 0.6 is 0 Å². The van der Waals surface area contributed by atoms with Crippen LogP contribution < -0.4 is 10.1 Å². The number of amides is 1. The van der Waals surface area contributed by atoms with Gasteiger partial charge >= 0.3 is 5.97 Å². The standard InChI is InChI=1S/C17H21N3O4/c1-10(2)15-16(22)19-17-18-14-5-4-13(8-12(14)9-20(15)17)24-7-6-23-11(3)21/h4-5,8,10,15H,6-7,9H2,1-3H3,(H,18,19,22). The molecule has 1 N–H and O–H groups in total. The van der Waals surface area contributed by atoms with Gasteiger partial charge in [-0.25, -0.2) is 4.99 Å². The fourth-order valence-corrected chi connectivity index (χ4v) is 2.99. The maximum Gasteiger partial charge on any atom is 0.302 e. The Hall–Kier alpha value is -2.57. The molecule has 7 nitrogen and oxygen atoms in total. The number of aliphatic imine (C=N–C) groups is 1. The summed E-state index contributed by atoms with van der Waals surface area (Å²) < 4.78 is 10.4. The molecule has 0 aromatic heterocycles. The second-order valence-electron chi connectivity index (χ2n) is 6.22. The molecule has 24 heavy (non-hydrogen) atoms. The first kappa shape index (κ1) is 16.3. The van der Waals surface area contributed by atoms with Crippen molar-refractivity contribution in [3.63, 3.8) is 0 Å². The van der Waals surface area contributed by atoms with Crippen LogP contribution in [0.25, 0.3) is 0 Å². The normalized spacial score (nSPS) is 18.7. The highest BCUT2D eigenvalue weighted by Gasteiger charge is 2.40. The van der Waals surface area contributed by atoms with Crippen molar-refractivity contribution in [3.8, 4) is 5.75 Å². The lowest BCUT2D eigenvalue weighted by atomic mass is 10.0. The second kappa shape index (κ2) is 6.51. The van der Waals surface area contributed by atoms with Gasteiger partial charge in [-0.1, -0.05) is 13.8 Å². The molecule has 0 saturated carbocycles. The first-order valence-electron chi connectivity index (χ1n) is 8.01. The average molecular weight is 331 g/mol. The molecule has 3 rings (SSSR count).